The highest BCUT2D eigenvalue weighted by Gasteiger charge is 2.14. The molecular formula is C13H10BrN5O2. The molecule has 21 heavy (non-hydrogen) atoms. The number of nitrogens with zero attached hydrogens (tertiary/aromatic N) is 5. The van der Waals surface area contributed by atoms with E-state index in [1.165, 1.54) is 6.33 Å². The van der Waals surface area contributed by atoms with Crippen molar-refractivity contribution >= 4 is 21.9 Å². The normalized spacial score (nSPS) is 10.8. The van der Waals surface area contributed by atoms with Gasteiger partial charge >= 0.3 is 5.97 Å². The van der Waals surface area contributed by atoms with Gasteiger partial charge in [-0.2, -0.15) is 10.2 Å². The monoisotopic (exact) mass is 347 g/mol. The highest BCUT2D eigenvalue weighted by atomic mass is 79.9. The van der Waals surface area contributed by atoms with Crippen molar-refractivity contribution in [2.24, 2.45) is 7.05 Å². The molecule has 0 radical (unpaired) electrons. The van der Waals surface area contributed by atoms with E-state index in [1.807, 2.05) is 18.2 Å². The second kappa shape index (κ2) is 5.13. The Kier molecular flexibility index (Phi) is 3.30. The third-order valence-corrected chi connectivity index (χ3v) is 3.64. The number of benzene rings is 1. The summed E-state index contributed by atoms with van der Waals surface area (Å²) in [7, 11) is 1.71. The lowest BCUT2D eigenvalue weighted by Crippen LogP contribution is -1.99. The second-order valence-electron chi connectivity index (χ2n) is 4.35. The zero-order chi connectivity index (χ0) is 15.0. The number of aryl methyl sites for hydroxylation is 1. The lowest BCUT2D eigenvalue weighted by Gasteiger charge is -2.07. The summed E-state index contributed by atoms with van der Waals surface area (Å²) in [5.74, 6) is -1.05. The molecule has 1 aromatic carbocycles. The summed E-state index contributed by atoms with van der Waals surface area (Å²) >= 11 is 3.49. The van der Waals surface area contributed by atoms with Gasteiger partial charge in [-0.15, -0.1) is 0 Å². The molecule has 0 aliphatic heterocycles. The number of rotatable bonds is 3. The van der Waals surface area contributed by atoms with Crippen LogP contribution < -0.4 is 0 Å². The van der Waals surface area contributed by atoms with E-state index in [2.05, 4.69) is 31.1 Å². The van der Waals surface area contributed by atoms with Gasteiger partial charge < -0.3 is 5.11 Å². The van der Waals surface area contributed by atoms with Crippen LogP contribution in [-0.4, -0.2) is 35.6 Å². The van der Waals surface area contributed by atoms with Crippen LogP contribution in [0.3, 0.4) is 0 Å². The fourth-order valence-corrected chi connectivity index (χ4v) is 2.59. The number of aromatic nitrogens is 5. The van der Waals surface area contributed by atoms with E-state index in [1.54, 1.807) is 28.8 Å². The summed E-state index contributed by atoms with van der Waals surface area (Å²) in [6, 6.07) is 7.19. The topological polar surface area (TPSA) is 85.8 Å². The van der Waals surface area contributed by atoms with Crippen LogP contribution in [0, 0.1) is 0 Å². The molecule has 3 aromatic rings. The zero-order valence-corrected chi connectivity index (χ0v) is 12.5. The summed E-state index contributed by atoms with van der Waals surface area (Å²) in [5.41, 5.74) is 2.44. The van der Waals surface area contributed by atoms with Gasteiger partial charge in [-0.05, 0) is 34.1 Å². The molecule has 8 heteroatoms. The van der Waals surface area contributed by atoms with Crippen LogP contribution in [0.5, 0.6) is 0 Å². The van der Waals surface area contributed by atoms with Crippen LogP contribution in [-0.2, 0) is 7.05 Å². The van der Waals surface area contributed by atoms with Crippen molar-refractivity contribution in [3.05, 3.63) is 47.1 Å². The third-order valence-electron chi connectivity index (χ3n) is 3.01. The van der Waals surface area contributed by atoms with Gasteiger partial charge in [-0.1, -0.05) is 6.07 Å². The third kappa shape index (κ3) is 2.45. The van der Waals surface area contributed by atoms with E-state index in [4.69, 9.17) is 5.11 Å². The molecule has 1 N–H and O–H groups in total. The van der Waals surface area contributed by atoms with E-state index in [-0.39, 0.29) is 5.69 Å². The predicted molar refractivity (Wildman–Crippen MR) is 78.2 cm³/mol. The average molecular weight is 348 g/mol. The minimum atomic E-state index is -1.05. The van der Waals surface area contributed by atoms with Crippen LogP contribution in [0.1, 0.15) is 10.5 Å². The molecule has 2 heterocycles. The van der Waals surface area contributed by atoms with Gasteiger partial charge in [0, 0.05) is 17.1 Å². The molecule has 0 atom stereocenters. The maximum Gasteiger partial charge on any atom is 0.356 e. The Hall–Kier alpha value is -2.48. The number of hydrogen-bond acceptors (Lipinski definition) is 4. The quantitative estimate of drug-likeness (QED) is 0.784. The van der Waals surface area contributed by atoms with Gasteiger partial charge in [0.25, 0.3) is 0 Å². The van der Waals surface area contributed by atoms with Crippen molar-refractivity contribution in [2.45, 2.75) is 0 Å². The smallest absolute Gasteiger partial charge is 0.356 e. The van der Waals surface area contributed by atoms with E-state index < -0.39 is 5.97 Å². The Labute approximate surface area is 128 Å². The first kappa shape index (κ1) is 13.5. The molecule has 2 aromatic heterocycles. The SMILES string of the molecule is Cn1nc(C(=O)O)cc1-c1ccc(-n2cncn2)c(Br)c1. The van der Waals surface area contributed by atoms with Gasteiger partial charge in [0.15, 0.2) is 5.69 Å². The molecule has 0 saturated carbocycles. The molecular weight excluding hydrogens is 338 g/mol. The van der Waals surface area contributed by atoms with Gasteiger partial charge in [0.05, 0.1) is 11.4 Å². The van der Waals surface area contributed by atoms with Gasteiger partial charge in [0.2, 0.25) is 0 Å². The molecule has 7 nitrogen and oxygen atoms in total. The zero-order valence-electron chi connectivity index (χ0n) is 10.9. The number of carboxylic acids is 1. The Morgan fingerprint density at radius 1 is 1.33 bits per heavy atom. The molecule has 0 spiro atoms. The van der Waals surface area contributed by atoms with Crippen LogP contribution in [0.15, 0.2) is 41.4 Å². The van der Waals surface area contributed by atoms with E-state index in [9.17, 15) is 4.79 Å². The maximum atomic E-state index is 11.0. The highest BCUT2D eigenvalue weighted by molar-refractivity contribution is 9.10. The molecule has 3 rings (SSSR count). The first-order valence-corrected chi connectivity index (χ1v) is 6.78. The first-order valence-electron chi connectivity index (χ1n) is 5.98. The Bertz CT molecular complexity index is 810. The predicted octanol–water partition coefficient (Wildman–Crippen LogP) is 2.13. The fourth-order valence-electron chi connectivity index (χ4n) is 2.03. The van der Waals surface area contributed by atoms with Crippen molar-refractivity contribution in [3.8, 4) is 16.9 Å². The summed E-state index contributed by atoms with van der Waals surface area (Å²) in [6.45, 7) is 0. The minimum absolute atomic E-state index is 0.0176. The van der Waals surface area contributed by atoms with Crippen LogP contribution in [0.2, 0.25) is 0 Å². The lowest BCUT2D eigenvalue weighted by molar-refractivity contribution is 0.0689. The highest BCUT2D eigenvalue weighted by Crippen LogP contribution is 2.28. The molecule has 0 amide bonds. The molecule has 0 fully saturated rings. The Balaban J connectivity index is 2.05. The van der Waals surface area contributed by atoms with E-state index in [0.717, 1.165) is 21.4 Å². The summed E-state index contributed by atoms with van der Waals surface area (Å²) < 4.78 is 4.00. The molecule has 0 unspecified atom stereocenters. The van der Waals surface area contributed by atoms with Gasteiger partial charge in [-0.25, -0.2) is 14.5 Å². The average Bonchev–Trinajstić information content (AvgIpc) is 3.07. The Morgan fingerprint density at radius 2 is 2.14 bits per heavy atom. The summed E-state index contributed by atoms with van der Waals surface area (Å²) in [5, 5.41) is 17.0. The number of carbonyl (C=O) groups is 1. The molecule has 0 aliphatic rings. The maximum absolute atomic E-state index is 11.0. The number of aromatic carboxylic acids is 1. The number of hydrogen-bond donors (Lipinski definition) is 1. The van der Waals surface area contributed by atoms with Crippen LogP contribution >= 0.6 is 15.9 Å². The number of carboxylic acid groups (broad SMARTS) is 1. The fraction of sp³-hybridized carbons (Fsp3) is 0.0769. The van der Waals surface area contributed by atoms with E-state index >= 15 is 0 Å². The van der Waals surface area contributed by atoms with Crippen molar-refractivity contribution in [1.82, 2.24) is 24.5 Å². The molecule has 106 valence electrons. The van der Waals surface area contributed by atoms with Crippen molar-refractivity contribution in [3.63, 3.8) is 0 Å². The van der Waals surface area contributed by atoms with E-state index in [0.29, 0.717) is 0 Å². The molecule has 0 saturated heterocycles. The summed E-state index contributed by atoms with van der Waals surface area (Å²) in [4.78, 5) is 14.9. The largest absolute Gasteiger partial charge is 0.476 e. The number of halogens is 1. The van der Waals surface area contributed by atoms with Crippen LogP contribution in [0.25, 0.3) is 16.9 Å². The standard InChI is InChI=1S/C13H10BrN5O2/c1-18-12(5-10(17-18)13(20)21)8-2-3-11(9(14)4-8)19-7-15-6-16-19/h2-7H,1H3,(H,20,21). The van der Waals surface area contributed by atoms with Crippen LogP contribution in [0.4, 0.5) is 0 Å². The van der Waals surface area contributed by atoms with Crippen molar-refractivity contribution in [1.29, 1.82) is 0 Å². The minimum Gasteiger partial charge on any atom is -0.476 e. The summed E-state index contributed by atoms with van der Waals surface area (Å²) in [6.07, 6.45) is 3.06. The first-order chi connectivity index (χ1) is 10.1. The molecule has 0 aliphatic carbocycles. The molecule has 0 bridgehead atoms. The Morgan fingerprint density at radius 3 is 2.71 bits per heavy atom. The second-order valence-corrected chi connectivity index (χ2v) is 5.20. The van der Waals surface area contributed by atoms with Crippen molar-refractivity contribution < 1.29 is 9.90 Å². The van der Waals surface area contributed by atoms with Crippen molar-refractivity contribution in [2.75, 3.05) is 0 Å². The van der Waals surface area contributed by atoms with Gasteiger partial charge in [0.1, 0.15) is 12.7 Å². The lowest BCUT2D eigenvalue weighted by atomic mass is 10.1. The van der Waals surface area contributed by atoms with Gasteiger partial charge in [-0.3, -0.25) is 4.68 Å².